The molecule has 0 radical (unpaired) electrons. The van der Waals surface area contributed by atoms with Crippen LogP contribution in [0.25, 0.3) is 50.8 Å². The van der Waals surface area contributed by atoms with Crippen molar-refractivity contribution in [1.29, 1.82) is 0 Å². The molecule has 2 N–H and O–H groups in total. The van der Waals surface area contributed by atoms with Gasteiger partial charge in [0.15, 0.2) is 39.2 Å². The number of amides is 2. The number of aromatic nitrogens is 6. The predicted octanol–water partition coefficient (Wildman–Crippen LogP) is 6.00. The number of benzene rings is 1. The van der Waals surface area contributed by atoms with Crippen molar-refractivity contribution in [3.63, 3.8) is 0 Å². The van der Waals surface area contributed by atoms with Crippen LogP contribution in [0.4, 0.5) is 26.0 Å². The first kappa shape index (κ1) is 56.2. The average Bonchev–Trinajstić information content (AvgIpc) is 3.64. The maximum Gasteiger partial charge on any atom is 0.316 e. The van der Waals surface area contributed by atoms with Crippen molar-refractivity contribution in [1.82, 2.24) is 38.9 Å². The van der Waals surface area contributed by atoms with Crippen molar-refractivity contribution in [2.75, 3.05) is 81.2 Å². The highest BCUT2D eigenvalue weighted by atomic mass is 35.5. The molecule has 6 aromatic heterocycles. The Morgan fingerprint density at radius 2 is 1.24 bits per heavy atom. The van der Waals surface area contributed by atoms with Gasteiger partial charge < -0.3 is 24.5 Å². The summed E-state index contributed by atoms with van der Waals surface area (Å²) in [6.07, 6.45) is 5.95. The molecule has 0 atom stereocenters. The number of pyridine rings is 6. The zero-order valence-corrected chi connectivity index (χ0v) is 47.1. The van der Waals surface area contributed by atoms with Gasteiger partial charge in [-0.15, -0.1) is 0 Å². The van der Waals surface area contributed by atoms with Crippen LogP contribution in [0.5, 0.6) is 0 Å². The second-order valence-electron chi connectivity index (χ2n) is 20.7. The fraction of sp³-hybridized carbons (Fsp3) is 0.322. The largest absolute Gasteiger partial charge is 0.366 e. The molecule has 21 heteroatoms. The number of carbonyl (C=O) groups excluding carboxylic acids is 2. The minimum Gasteiger partial charge on any atom is -0.366 e. The van der Waals surface area contributed by atoms with E-state index in [9.17, 15) is 14.4 Å². The molecule has 1 aromatic carbocycles. The summed E-state index contributed by atoms with van der Waals surface area (Å²) < 4.78 is 33.8. The zero-order chi connectivity index (χ0) is 57.6. The summed E-state index contributed by atoms with van der Waals surface area (Å²) in [5.41, 5.74) is 2.77. The highest BCUT2D eigenvalue weighted by Crippen LogP contribution is 2.40. The van der Waals surface area contributed by atoms with E-state index >= 15 is 13.6 Å². The van der Waals surface area contributed by atoms with Crippen molar-refractivity contribution in [2.24, 2.45) is 0 Å². The normalized spacial score (nSPS) is 14.0. The number of hydrogen-bond acceptors (Lipinski definition) is 11. The smallest absolute Gasteiger partial charge is 0.316 e. The van der Waals surface area contributed by atoms with Gasteiger partial charge in [0.25, 0.3) is 11.1 Å². The maximum atomic E-state index is 15.5. The molecule has 410 valence electrons. The second-order valence-corrected chi connectivity index (χ2v) is 21.5. The Balaban J connectivity index is 1.08. The SMILES string of the molecule is C=CC(=O)N1CCN(c2c(C#[NH+])c(=O)n(-c3c(C(C)C)cc(/C=C\C(=O)N4CCN(c5c(C#[NH+])c(=O)n(-c6c(C(C)C)ccnc6N(C)C)c6nc(-c7ccccc7F)c(Cl)cc56)CC4)nc3C(C)C)c3nc(Cl)c(F)cc23)CC1. The van der Waals surface area contributed by atoms with Gasteiger partial charge in [0.05, 0.1) is 44.9 Å². The van der Waals surface area contributed by atoms with E-state index in [-0.39, 0.29) is 119 Å². The first-order valence-corrected chi connectivity index (χ1v) is 26.9. The Morgan fingerprint density at radius 1 is 0.688 bits per heavy atom. The summed E-state index contributed by atoms with van der Waals surface area (Å²) in [5, 5.41) is 17.3. The van der Waals surface area contributed by atoms with Gasteiger partial charge in [-0.05, 0) is 77.4 Å². The molecule has 0 spiro atoms. The Morgan fingerprint density at radius 3 is 1.77 bits per heavy atom. The number of fused-ring (bicyclic) bond motifs is 2. The molecule has 2 aliphatic rings. The lowest BCUT2D eigenvalue weighted by molar-refractivity contribution is -0.127. The Kier molecular flexibility index (Phi) is 15.9. The van der Waals surface area contributed by atoms with Crippen molar-refractivity contribution in [3.05, 3.63) is 150 Å². The fourth-order valence-corrected chi connectivity index (χ4v) is 11.0. The highest BCUT2D eigenvalue weighted by Gasteiger charge is 2.34. The van der Waals surface area contributed by atoms with E-state index in [4.69, 9.17) is 43.7 Å². The first-order valence-electron chi connectivity index (χ1n) is 26.1. The summed E-state index contributed by atoms with van der Waals surface area (Å²) in [4.78, 5) is 84.5. The molecular weight excluding hydrogens is 1060 g/mol. The van der Waals surface area contributed by atoms with E-state index in [1.165, 1.54) is 33.4 Å². The first-order chi connectivity index (χ1) is 38.2. The monoisotopic (exact) mass is 1120 g/mol. The third-order valence-electron chi connectivity index (χ3n) is 14.5. The molecule has 2 aliphatic heterocycles. The van der Waals surface area contributed by atoms with Crippen LogP contribution in [0, 0.1) is 23.8 Å². The van der Waals surface area contributed by atoms with Crippen LogP contribution in [0.2, 0.25) is 10.2 Å². The maximum absolute atomic E-state index is 15.5. The number of hydrogen-bond donors (Lipinski definition) is 2. The van der Waals surface area contributed by atoms with Gasteiger partial charge in [0.1, 0.15) is 5.82 Å². The van der Waals surface area contributed by atoms with Crippen LogP contribution < -0.4 is 36.3 Å². The van der Waals surface area contributed by atoms with E-state index in [0.29, 0.717) is 58.3 Å². The Bertz CT molecular complexity index is 3880. The van der Waals surface area contributed by atoms with Gasteiger partial charge in [0.2, 0.25) is 11.8 Å². The van der Waals surface area contributed by atoms with Crippen molar-refractivity contribution in [2.45, 2.75) is 59.3 Å². The molecule has 2 fully saturated rings. The van der Waals surface area contributed by atoms with E-state index in [0.717, 1.165) is 5.56 Å². The van der Waals surface area contributed by atoms with Crippen LogP contribution in [-0.4, -0.2) is 117 Å². The third kappa shape index (κ3) is 10.1. The average molecular weight is 1120 g/mol. The Labute approximate surface area is 470 Å². The van der Waals surface area contributed by atoms with Gasteiger partial charge in [0, 0.05) is 95.1 Å². The van der Waals surface area contributed by atoms with Crippen LogP contribution in [0.3, 0.4) is 0 Å². The van der Waals surface area contributed by atoms with Gasteiger partial charge in [-0.25, -0.2) is 23.7 Å². The lowest BCUT2D eigenvalue weighted by Gasteiger charge is -2.36. The molecule has 2 amide bonds. The molecule has 80 heavy (non-hydrogen) atoms. The minimum absolute atomic E-state index is 0.0434. The van der Waals surface area contributed by atoms with Gasteiger partial charge in [-0.3, -0.25) is 33.3 Å². The molecule has 0 aliphatic carbocycles. The molecule has 0 unspecified atom stereocenters. The van der Waals surface area contributed by atoms with Crippen LogP contribution >= 0.6 is 23.2 Å². The van der Waals surface area contributed by atoms with E-state index in [2.05, 4.69) is 28.7 Å². The number of piperazine rings is 2. The quantitative estimate of drug-likeness (QED) is 0.108. The molecule has 0 saturated carbocycles. The standard InChI is InChI=1S/C59H57Cl2F2N13O4/c1-10-46(77)71-19-23-74(24-20-71)51-40-29-45(63)54(61)69-56(40)75(58(79)42(51)31-65)52-38(33(4)5)27-35(67-48(52)34(6)7)15-16-47(78)72-21-25-73(26-22-72)50-39-28-43(60)49(37-13-11-12-14-44(37)62)68-55(39)76(59(80)41(50)30-64)53-36(32(2)3)17-18-66-57(53)70(8)9/h10-18,27-29,32-34H,1,19-26H2,2-9H3/p+2/b16-15-. The number of carbonyl (C=O) groups is 2. The van der Waals surface area contributed by atoms with Crippen molar-refractivity contribution < 1.29 is 28.9 Å². The lowest BCUT2D eigenvalue weighted by atomic mass is 9.95. The minimum atomic E-state index is -0.827. The van der Waals surface area contributed by atoms with Gasteiger partial charge >= 0.3 is 12.1 Å². The van der Waals surface area contributed by atoms with Crippen molar-refractivity contribution in [3.8, 4) is 34.8 Å². The summed E-state index contributed by atoms with van der Waals surface area (Å²) in [6.45, 7) is 17.3. The summed E-state index contributed by atoms with van der Waals surface area (Å²) in [6, 6.07) is 17.3. The molecule has 0 bridgehead atoms. The van der Waals surface area contributed by atoms with Crippen molar-refractivity contribution >= 4 is 80.4 Å². The lowest BCUT2D eigenvalue weighted by Crippen LogP contribution is -2.49. The number of rotatable bonds is 12. The fourth-order valence-electron chi connectivity index (χ4n) is 10.6. The number of anilines is 3. The molecular formula is C59H59Cl2F2N13O4+2. The second kappa shape index (κ2) is 22.7. The molecule has 8 heterocycles. The van der Waals surface area contributed by atoms with E-state index < -0.39 is 27.9 Å². The predicted molar refractivity (Wildman–Crippen MR) is 307 cm³/mol. The number of halogens is 4. The zero-order valence-electron chi connectivity index (χ0n) is 45.6. The summed E-state index contributed by atoms with van der Waals surface area (Å²) in [5.74, 6) is -2.11. The molecule has 9 rings (SSSR count). The van der Waals surface area contributed by atoms with Gasteiger partial charge in [-0.2, -0.15) is 0 Å². The molecule has 2 saturated heterocycles. The molecule has 17 nitrogen and oxygen atoms in total. The summed E-state index contributed by atoms with van der Waals surface area (Å²) >= 11 is 13.4. The third-order valence-corrected chi connectivity index (χ3v) is 15.1. The molecule has 7 aromatic rings. The highest BCUT2D eigenvalue weighted by molar-refractivity contribution is 6.34. The number of nitrogens with zero attached hydrogens (tertiary/aromatic N) is 11. The topological polar surface area (TPSA) is 194 Å². The summed E-state index contributed by atoms with van der Waals surface area (Å²) in [7, 11) is 3.62. The van der Waals surface area contributed by atoms with Crippen LogP contribution in [-0.2, 0) is 9.59 Å². The Hall–Kier alpha value is -8.52. The van der Waals surface area contributed by atoms with E-state index in [1.54, 1.807) is 57.3 Å². The van der Waals surface area contributed by atoms with Gasteiger partial charge in [-0.1, -0.05) is 94.0 Å². The number of nitrogens with one attached hydrogen (secondary N) is 2. The van der Waals surface area contributed by atoms with E-state index in [1.807, 2.05) is 71.5 Å². The van der Waals surface area contributed by atoms with Crippen LogP contribution in [0.15, 0.2) is 83.0 Å². The van der Waals surface area contributed by atoms with Crippen LogP contribution in [0.1, 0.15) is 92.9 Å².